The molecule has 37 heavy (non-hydrogen) atoms. The van der Waals surface area contributed by atoms with Gasteiger partial charge in [0.1, 0.15) is 5.75 Å². The Kier molecular flexibility index (Phi) is 8.08. The van der Waals surface area contributed by atoms with Crippen LogP contribution in [-0.2, 0) is 0 Å². The maximum atomic E-state index is 12.5. The Bertz CT molecular complexity index is 1450. The van der Waals surface area contributed by atoms with E-state index >= 15 is 0 Å². The maximum absolute atomic E-state index is 12.5. The highest BCUT2D eigenvalue weighted by atomic mass is 35.5. The predicted octanol–water partition coefficient (Wildman–Crippen LogP) is 5.88. The topological polar surface area (TPSA) is 96.9 Å². The molecule has 2 amide bonds. The number of hydrogen-bond donors (Lipinski definition) is 2. The zero-order valence-corrected chi connectivity index (χ0v) is 20.5. The minimum absolute atomic E-state index is 0.241. The summed E-state index contributed by atoms with van der Waals surface area (Å²) in [5.74, 6) is -0.995. The fourth-order valence-corrected chi connectivity index (χ4v) is 3.46. The van der Waals surface area contributed by atoms with E-state index in [-0.39, 0.29) is 11.7 Å². The van der Waals surface area contributed by atoms with Crippen molar-refractivity contribution in [3.05, 3.63) is 130 Å². The molecule has 0 aromatic heterocycles. The molecule has 0 aliphatic heterocycles. The Labute approximate surface area is 218 Å². The Hall–Kier alpha value is -4.75. The van der Waals surface area contributed by atoms with Crippen LogP contribution in [0.15, 0.2) is 102 Å². The minimum Gasteiger partial charge on any atom is -0.422 e. The molecule has 0 aliphatic rings. The van der Waals surface area contributed by atoms with Crippen LogP contribution in [0.4, 0.5) is 5.69 Å². The number of benzene rings is 4. The van der Waals surface area contributed by atoms with Crippen molar-refractivity contribution in [1.29, 1.82) is 0 Å². The summed E-state index contributed by atoms with van der Waals surface area (Å²) in [6, 6.07) is 26.9. The first-order valence-electron chi connectivity index (χ1n) is 11.3. The van der Waals surface area contributed by atoms with Crippen LogP contribution in [0.25, 0.3) is 0 Å². The first-order valence-corrected chi connectivity index (χ1v) is 11.6. The summed E-state index contributed by atoms with van der Waals surface area (Å²) in [6.07, 6.45) is 1.34. The van der Waals surface area contributed by atoms with E-state index in [0.29, 0.717) is 33.0 Å². The van der Waals surface area contributed by atoms with E-state index in [2.05, 4.69) is 15.8 Å². The number of hydrogen-bond acceptors (Lipinski definition) is 5. The molecular formula is C29H22ClN3O4. The van der Waals surface area contributed by atoms with E-state index < -0.39 is 11.9 Å². The molecule has 4 rings (SSSR count). The number of halogens is 1. The van der Waals surface area contributed by atoms with Crippen molar-refractivity contribution in [2.24, 2.45) is 5.10 Å². The van der Waals surface area contributed by atoms with Crippen molar-refractivity contribution in [3.8, 4) is 5.75 Å². The second kappa shape index (κ2) is 11.8. The van der Waals surface area contributed by atoms with Crippen LogP contribution in [0.1, 0.15) is 42.2 Å². The molecule has 0 saturated heterocycles. The Morgan fingerprint density at radius 3 is 2.14 bits per heavy atom. The van der Waals surface area contributed by atoms with Gasteiger partial charge in [-0.1, -0.05) is 47.5 Å². The van der Waals surface area contributed by atoms with Gasteiger partial charge in [0.2, 0.25) is 0 Å². The lowest BCUT2D eigenvalue weighted by molar-refractivity contribution is 0.0734. The molecule has 7 nitrogen and oxygen atoms in total. The molecular weight excluding hydrogens is 490 g/mol. The number of carbonyl (C=O) groups is 3. The van der Waals surface area contributed by atoms with E-state index in [1.54, 1.807) is 84.9 Å². The molecule has 0 unspecified atom stereocenters. The van der Waals surface area contributed by atoms with Gasteiger partial charge in [-0.3, -0.25) is 9.59 Å². The van der Waals surface area contributed by atoms with Crippen LogP contribution in [0.3, 0.4) is 0 Å². The first kappa shape index (κ1) is 25.3. The van der Waals surface area contributed by atoms with Gasteiger partial charge in [0.05, 0.1) is 11.8 Å². The standard InChI is InChI=1S/C29H22ClN3O4/c1-19-7-9-20(10-8-19)27(34)32-25-14-11-21(12-15-25)28(35)33-31-18-23-17-24(30)13-16-26(23)37-29(36)22-5-3-2-4-6-22/h2-18H,1H3,(H,32,34)(H,33,35)/b31-18+. The molecule has 8 heteroatoms. The second-order valence-electron chi connectivity index (χ2n) is 8.03. The largest absolute Gasteiger partial charge is 0.422 e. The van der Waals surface area contributed by atoms with Crippen LogP contribution in [0.5, 0.6) is 5.75 Å². The Morgan fingerprint density at radius 1 is 0.784 bits per heavy atom. The third kappa shape index (κ3) is 6.90. The number of rotatable bonds is 7. The van der Waals surface area contributed by atoms with E-state index in [1.807, 2.05) is 19.1 Å². The fraction of sp³-hybridized carbons (Fsp3) is 0.0345. The summed E-state index contributed by atoms with van der Waals surface area (Å²) in [5, 5.41) is 7.18. The maximum Gasteiger partial charge on any atom is 0.343 e. The van der Waals surface area contributed by atoms with Crippen molar-refractivity contribution >= 4 is 41.3 Å². The van der Waals surface area contributed by atoms with E-state index in [4.69, 9.17) is 16.3 Å². The SMILES string of the molecule is Cc1ccc(C(=O)Nc2ccc(C(=O)N/N=C/c3cc(Cl)ccc3OC(=O)c3ccccc3)cc2)cc1. The number of nitrogens with zero attached hydrogens (tertiary/aromatic N) is 1. The van der Waals surface area contributed by atoms with Gasteiger partial charge in [0.15, 0.2) is 0 Å². The molecule has 4 aromatic carbocycles. The van der Waals surface area contributed by atoms with Gasteiger partial charge >= 0.3 is 5.97 Å². The summed E-state index contributed by atoms with van der Waals surface area (Å²) < 4.78 is 5.48. The molecule has 0 saturated carbocycles. The fourth-order valence-electron chi connectivity index (χ4n) is 3.28. The van der Waals surface area contributed by atoms with Crippen LogP contribution in [-0.4, -0.2) is 24.0 Å². The molecule has 4 aromatic rings. The van der Waals surface area contributed by atoms with Gasteiger partial charge in [-0.05, 0) is 73.7 Å². The lowest BCUT2D eigenvalue weighted by Gasteiger charge is -2.08. The molecule has 2 N–H and O–H groups in total. The Morgan fingerprint density at radius 2 is 1.43 bits per heavy atom. The number of aryl methyl sites for hydroxylation is 1. The highest BCUT2D eigenvalue weighted by Gasteiger charge is 2.12. The summed E-state index contributed by atoms with van der Waals surface area (Å²) in [6.45, 7) is 1.95. The summed E-state index contributed by atoms with van der Waals surface area (Å²) in [4.78, 5) is 37.3. The smallest absolute Gasteiger partial charge is 0.343 e. The molecule has 0 heterocycles. The zero-order chi connectivity index (χ0) is 26.2. The molecule has 0 atom stereocenters. The van der Waals surface area contributed by atoms with Crippen LogP contribution in [0, 0.1) is 6.92 Å². The van der Waals surface area contributed by atoms with Crippen molar-refractivity contribution in [2.45, 2.75) is 6.92 Å². The lowest BCUT2D eigenvalue weighted by atomic mass is 10.1. The third-order valence-electron chi connectivity index (χ3n) is 5.27. The first-order chi connectivity index (χ1) is 17.9. The minimum atomic E-state index is -0.531. The predicted molar refractivity (Wildman–Crippen MR) is 143 cm³/mol. The van der Waals surface area contributed by atoms with Gasteiger partial charge in [0, 0.05) is 27.4 Å². The monoisotopic (exact) mass is 511 g/mol. The van der Waals surface area contributed by atoms with Crippen molar-refractivity contribution in [1.82, 2.24) is 5.43 Å². The third-order valence-corrected chi connectivity index (χ3v) is 5.51. The summed E-state index contributed by atoms with van der Waals surface area (Å²) >= 11 is 6.09. The van der Waals surface area contributed by atoms with Crippen molar-refractivity contribution in [3.63, 3.8) is 0 Å². The van der Waals surface area contributed by atoms with Gasteiger partial charge < -0.3 is 10.1 Å². The van der Waals surface area contributed by atoms with E-state index in [9.17, 15) is 14.4 Å². The second-order valence-corrected chi connectivity index (χ2v) is 8.47. The van der Waals surface area contributed by atoms with Crippen LogP contribution < -0.4 is 15.5 Å². The summed E-state index contributed by atoms with van der Waals surface area (Å²) in [7, 11) is 0. The number of hydrazone groups is 1. The van der Waals surface area contributed by atoms with E-state index in [1.165, 1.54) is 6.21 Å². The van der Waals surface area contributed by atoms with Gasteiger partial charge in [0.25, 0.3) is 11.8 Å². The molecule has 0 aliphatic carbocycles. The molecule has 0 spiro atoms. The summed E-state index contributed by atoms with van der Waals surface area (Å²) in [5.41, 5.74) is 5.73. The number of anilines is 1. The molecule has 0 fully saturated rings. The number of amides is 2. The number of carbonyl (C=O) groups excluding carboxylic acids is 3. The normalized spacial score (nSPS) is 10.6. The van der Waals surface area contributed by atoms with Crippen molar-refractivity contribution in [2.75, 3.05) is 5.32 Å². The zero-order valence-electron chi connectivity index (χ0n) is 19.8. The van der Waals surface area contributed by atoms with Gasteiger partial charge in [-0.15, -0.1) is 0 Å². The molecule has 0 bridgehead atoms. The lowest BCUT2D eigenvalue weighted by Crippen LogP contribution is -2.18. The number of ether oxygens (including phenoxy) is 1. The van der Waals surface area contributed by atoms with E-state index in [0.717, 1.165) is 5.56 Å². The van der Waals surface area contributed by atoms with Gasteiger partial charge in [-0.25, -0.2) is 10.2 Å². The highest BCUT2D eigenvalue weighted by Crippen LogP contribution is 2.22. The number of nitrogens with one attached hydrogen (secondary N) is 2. The Balaban J connectivity index is 1.38. The van der Waals surface area contributed by atoms with Crippen molar-refractivity contribution < 1.29 is 19.1 Å². The highest BCUT2D eigenvalue weighted by molar-refractivity contribution is 6.31. The van der Waals surface area contributed by atoms with Gasteiger partial charge in [-0.2, -0.15) is 5.10 Å². The van der Waals surface area contributed by atoms with Crippen LogP contribution in [0.2, 0.25) is 5.02 Å². The van der Waals surface area contributed by atoms with Crippen LogP contribution >= 0.6 is 11.6 Å². The molecule has 184 valence electrons. The molecule has 0 radical (unpaired) electrons. The average molecular weight is 512 g/mol. The quantitative estimate of drug-likeness (QED) is 0.140. The number of esters is 1. The average Bonchev–Trinajstić information content (AvgIpc) is 2.91.